The summed E-state index contributed by atoms with van der Waals surface area (Å²) in [6.45, 7) is 2.98. The van der Waals surface area contributed by atoms with Gasteiger partial charge in [-0.05, 0) is 25.1 Å². The summed E-state index contributed by atoms with van der Waals surface area (Å²) in [5, 5.41) is 15.7. The van der Waals surface area contributed by atoms with Gasteiger partial charge in [-0.2, -0.15) is 15.4 Å². The third-order valence-corrected chi connectivity index (χ3v) is 3.43. The van der Waals surface area contributed by atoms with E-state index in [2.05, 4.69) is 27.7 Å². The lowest BCUT2D eigenvalue weighted by Crippen LogP contribution is -2.23. The van der Waals surface area contributed by atoms with Crippen LogP contribution in [-0.2, 0) is 0 Å². The van der Waals surface area contributed by atoms with E-state index < -0.39 is 0 Å². The number of hydrogen-bond donors (Lipinski definition) is 2. The Balaban J connectivity index is 2.02. The lowest BCUT2D eigenvalue weighted by atomic mass is 10.1. The van der Waals surface area contributed by atoms with Crippen molar-refractivity contribution in [3.8, 4) is 0 Å². The molecule has 0 aliphatic heterocycles. The minimum absolute atomic E-state index is 0.128. The van der Waals surface area contributed by atoms with Gasteiger partial charge in [-0.1, -0.05) is 30.7 Å². The van der Waals surface area contributed by atoms with Crippen molar-refractivity contribution in [2.24, 2.45) is 0 Å². The lowest BCUT2D eigenvalue weighted by molar-refractivity contribution is 0.463. The van der Waals surface area contributed by atoms with Gasteiger partial charge < -0.3 is 9.73 Å². The van der Waals surface area contributed by atoms with Crippen LogP contribution in [0.5, 0.6) is 0 Å². The van der Waals surface area contributed by atoms with E-state index in [1.54, 1.807) is 6.20 Å². The van der Waals surface area contributed by atoms with Gasteiger partial charge in [-0.3, -0.25) is 0 Å². The summed E-state index contributed by atoms with van der Waals surface area (Å²) in [4.78, 5) is 0. The number of furan rings is 1. The number of nitrogens with one attached hydrogen (secondary N) is 2. The first kappa shape index (κ1) is 13.1. The molecule has 0 saturated heterocycles. The number of para-hydroxylation sites is 1. The third kappa shape index (κ3) is 2.42. The highest BCUT2D eigenvalue weighted by Gasteiger charge is 2.20. The fourth-order valence-corrected chi connectivity index (χ4v) is 2.40. The molecule has 0 fully saturated rings. The monoisotopic (exact) mass is 290 g/mol. The van der Waals surface area contributed by atoms with Crippen molar-refractivity contribution in [3.05, 3.63) is 46.9 Å². The highest BCUT2D eigenvalue weighted by molar-refractivity contribution is 6.34. The normalized spacial score (nSPS) is 12.9. The zero-order valence-electron chi connectivity index (χ0n) is 11.1. The van der Waals surface area contributed by atoms with E-state index >= 15 is 0 Å². The van der Waals surface area contributed by atoms with E-state index in [1.807, 2.05) is 24.3 Å². The summed E-state index contributed by atoms with van der Waals surface area (Å²) < 4.78 is 5.91. The maximum Gasteiger partial charge on any atom is 0.152 e. The minimum atomic E-state index is -0.128. The van der Waals surface area contributed by atoms with Crippen molar-refractivity contribution in [3.63, 3.8) is 0 Å². The van der Waals surface area contributed by atoms with Gasteiger partial charge >= 0.3 is 0 Å². The van der Waals surface area contributed by atoms with Crippen LogP contribution in [0.3, 0.4) is 0 Å². The maximum atomic E-state index is 6.16. The molecule has 0 amide bonds. The highest BCUT2D eigenvalue weighted by atomic mass is 35.5. The topological polar surface area (TPSA) is 66.7 Å². The zero-order valence-corrected chi connectivity index (χ0v) is 11.8. The van der Waals surface area contributed by atoms with E-state index in [1.165, 1.54) is 0 Å². The Morgan fingerprint density at radius 2 is 2.35 bits per heavy atom. The molecule has 0 saturated carbocycles. The molecule has 6 heteroatoms. The Hall–Kier alpha value is -1.85. The van der Waals surface area contributed by atoms with E-state index in [-0.39, 0.29) is 6.04 Å². The predicted molar refractivity (Wildman–Crippen MR) is 77.7 cm³/mol. The molecule has 2 aromatic heterocycles. The Bertz CT molecular complexity index is 692. The average Bonchev–Trinajstić information content (AvgIpc) is 3.09. The first-order valence-corrected chi connectivity index (χ1v) is 6.94. The van der Waals surface area contributed by atoms with Gasteiger partial charge in [0.1, 0.15) is 17.5 Å². The van der Waals surface area contributed by atoms with Crippen molar-refractivity contribution in [1.82, 2.24) is 20.7 Å². The van der Waals surface area contributed by atoms with Gasteiger partial charge in [0.05, 0.1) is 11.2 Å². The minimum Gasteiger partial charge on any atom is -0.457 e. The summed E-state index contributed by atoms with van der Waals surface area (Å²) >= 11 is 6.16. The highest BCUT2D eigenvalue weighted by Crippen LogP contribution is 2.31. The number of rotatable bonds is 5. The summed E-state index contributed by atoms with van der Waals surface area (Å²) in [5.41, 5.74) is 1.50. The van der Waals surface area contributed by atoms with Crippen LogP contribution in [0.4, 0.5) is 0 Å². The second kappa shape index (κ2) is 5.64. The van der Waals surface area contributed by atoms with Gasteiger partial charge in [0, 0.05) is 5.39 Å². The van der Waals surface area contributed by atoms with Crippen LogP contribution in [0, 0.1) is 0 Å². The van der Waals surface area contributed by atoms with Crippen LogP contribution < -0.4 is 5.32 Å². The van der Waals surface area contributed by atoms with Crippen LogP contribution >= 0.6 is 11.6 Å². The van der Waals surface area contributed by atoms with Crippen LogP contribution in [0.2, 0.25) is 5.02 Å². The van der Waals surface area contributed by atoms with Gasteiger partial charge in [-0.25, -0.2) is 0 Å². The molecule has 104 valence electrons. The summed E-state index contributed by atoms with van der Waals surface area (Å²) in [6.07, 6.45) is 2.72. The van der Waals surface area contributed by atoms with E-state index in [9.17, 15) is 0 Å². The van der Waals surface area contributed by atoms with Crippen molar-refractivity contribution in [2.45, 2.75) is 19.4 Å². The van der Waals surface area contributed by atoms with Crippen molar-refractivity contribution < 1.29 is 4.42 Å². The molecule has 1 unspecified atom stereocenters. The molecule has 2 N–H and O–H groups in total. The van der Waals surface area contributed by atoms with Crippen LogP contribution in [0.15, 0.2) is 34.9 Å². The van der Waals surface area contributed by atoms with Gasteiger partial charge in [0.2, 0.25) is 0 Å². The number of aromatic amines is 1. The number of hydrogen-bond acceptors (Lipinski definition) is 4. The smallest absolute Gasteiger partial charge is 0.152 e. The molecule has 5 nitrogen and oxygen atoms in total. The Morgan fingerprint density at radius 1 is 1.45 bits per heavy atom. The molecule has 0 radical (unpaired) electrons. The van der Waals surface area contributed by atoms with Crippen LogP contribution in [-0.4, -0.2) is 22.0 Å². The number of benzene rings is 1. The summed E-state index contributed by atoms with van der Waals surface area (Å²) in [6, 6.07) is 7.57. The zero-order chi connectivity index (χ0) is 13.9. The molecular weight excluding hydrogens is 276 g/mol. The molecule has 1 aromatic carbocycles. The van der Waals surface area contributed by atoms with E-state index in [4.69, 9.17) is 16.0 Å². The Morgan fingerprint density at radius 3 is 3.05 bits per heavy atom. The molecule has 20 heavy (non-hydrogen) atoms. The molecule has 0 spiro atoms. The number of aromatic nitrogens is 3. The fraction of sp³-hybridized carbons (Fsp3) is 0.286. The number of halogens is 1. The SMILES string of the molecule is CCCNC(c1cn[nH]n1)c1cc2cccc(Cl)c2o1. The molecule has 2 heterocycles. The molecule has 0 aliphatic rings. The van der Waals surface area contributed by atoms with Crippen molar-refractivity contribution in [1.29, 1.82) is 0 Å². The predicted octanol–water partition coefficient (Wildman–Crippen LogP) is 3.29. The molecule has 3 aromatic rings. The summed E-state index contributed by atoms with van der Waals surface area (Å²) in [5.74, 6) is 0.787. The molecule has 1 atom stereocenters. The fourth-order valence-electron chi connectivity index (χ4n) is 2.18. The molecule has 3 rings (SSSR count). The number of nitrogens with zero attached hydrogens (tertiary/aromatic N) is 2. The van der Waals surface area contributed by atoms with E-state index in [0.29, 0.717) is 10.6 Å². The summed E-state index contributed by atoms with van der Waals surface area (Å²) in [7, 11) is 0. The number of H-pyrrole nitrogens is 1. The maximum absolute atomic E-state index is 6.16. The standard InChI is InChI=1S/C14H15ClN4O/c1-2-6-16-13(11-8-17-19-18-11)12-7-9-4-3-5-10(15)14(9)20-12/h3-5,7-8,13,16H,2,6H2,1H3,(H,17,18,19). The van der Waals surface area contributed by atoms with Crippen molar-refractivity contribution in [2.75, 3.05) is 6.54 Å². The average molecular weight is 291 g/mol. The lowest BCUT2D eigenvalue weighted by Gasteiger charge is -2.12. The largest absolute Gasteiger partial charge is 0.457 e. The Labute approximate surface area is 121 Å². The first-order chi connectivity index (χ1) is 9.79. The number of fused-ring (bicyclic) bond motifs is 1. The molecule has 0 bridgehead atoms. The Kier molecular flexibility index (Phi) is 3.71. The molecule has 0 aliphatic carbocycles. The second-order valence-corrected chi connectivity index (χ2v) is 5.00. The van der Waals surface area contributed by atoms with Crippen molar-refractivity contribution >= 4 is 22.6 Å². The second-order valence-electron chi connectivity index (χ2n) is 4.59. The van der Waals surface area contributed by atoms with Gasteiger partial charge in [0.15, 0.2) is 5.58 Å². The molecular formula is C14H15ClN4O. The van der Waals surface area contributed by atoms with E-state index in [0.717, 1.165) is 29.8 Å². The quantitative estimate of drug-likeness (QED) is 0.756. The third-order valence-electron chi connectivity index (χ3n) is 3.13. The van der Waals surface area contributed by atoms with Gasteiger partial charge in [0.25, 0.3) is 0 Å². The van der Waals surface area contributed by atoms with Gasteiger partial charge in [-0.15, -0.1) is 0 Å². The van der Waals surface area contributed by atoms with Crippen LogP contribution in [0.25, 0.3) is 11.0 Å². The van der Waals surface area contributed by atoms with Crippen LogP contribution in [0.1, 0.15) is 30.8 Å². The first-order valence-electron chi connectivity index (χ1n) is 6.56.